The maximum atomic E-state index is 12.6. The molecule has 0 bridgehead atoms. The van der Waals surface area contributed by atoms with Crippen molar-refractivity contribution in [2.24, 2.45) is 0 Å². The van der Waals surface area contributed by atoms with Gasteiger partial charge in [0.2, 0.25) is 5.91 Å². The highest BCUT2D eigenvalue weighted by molar-refractivity contribution is 7.99. The van der Waals surface area contributed by atoms with Crippen molar-refractivity contribution in [3.63, 3.8) is 0 Å². The van der Waals surface area contributed by atoms with E-state index in [9.17, 15) is 4.79 Å². The van der Waals surface area contributed by atoms with Crippen molar-refractivity contribution in [2.45, 2.75) is 31.3 Å². The fourth-order valence-corrected chi connectivity index (χ4v) is 4.21. The summed E-state index contributed by atoms with van der Waals surface area (Å²) < 4.78 is 1.92. The summed E-state index contributed by atoms with van der Waals surface area (Å²) >= 11 is 7.41. The molecule has 33 heavy (non-hydrogen) atoms. The molecular formula is C25H24ClN5OS. The molecule has 0 saturated carbocycles. The van der Waals surface area contributed by atoms with Crippen molar-refractivity contribution in [3.05, 3.63) is 83.6 Å². The van der Waals surface area contributed by atoms with Gasteiger partial charge in [-0.05, 0) is 66.4 Å². The smallest absolute Gasteiger partial charge is 0.234 e. The number of nitrogens with one attached hydrogen (secondary N) is 1. The highest BCUT2D eigenvalue weighted by atomic mass is 35.5. The number of pyridine rings is 1. The van der Waals surface area contributed by atoms with Crippen LogP contribution in [0.25, 0.3) is 17.1 Å². The lowest BCUT2D eigenvalue weighted by Crippen LogP contribution is -2.14. The number of nitrogens with zero attached hydrogens (tertiary/aromatic N) is 4. The number of carbonyl (C=O) groups is 1. The number of hydrogen-bond acceptors (Lipinski definition) is 5. The Morgan fingerprint density at radius 1 is 1.03 bits per heavy atom. The van der Waals surface area contributed by atoms with E-state index in [1.54, 1.807) is 12.4 Å². The molecule has 1 atom stereocenters. The number of amides is 1. The molecule has 0 saturated heterocycles. The third kappa shape index (κ3) is 5.61. The van der Waals surface area contributed by atoms with E-state index in [-0.39, 0.29) is 11.7 Å². The molecule has 6 nitrogen and oxygen atoms in total. The van der Waals surface area contributed by atoms with Gasteiger partial charge in [0.1, 0.15) is 0 Å². The molecule has 2 heterocycles. The Bertz CT molecular complexity index is 1210. The van der Waals surface area contributed by atoms with Crippen molar-refractivity contribution in [3.8, 4) is 17.1 Å². The number of benzene rings is 2. The zero-order valence-corrected chi connectivity index (χ0v) is 20.0. The Hall–Kier alpha value is -3.16. The molecule has 2 aromatic carbocycles. The first-order valence-electron chi connectivity index (χ1n) is 10.7. The number of rotatable bonds is 8. The van der Waals surface area contributed by atoms with Crippen molar-refractivity contribution in [1.29, 1.82) is 0 Å². The summed E-state index contributed by atoms with van der Waals surface area (Å²) in [5.41, 5.74) is 3.79. The van der Waals surface area contributed by atoms with Crippen LogP contribution in [0.1, 0.15) is 31.7 Å². The lowest BCUT2D eigenvalue weighted by molar-refractivity contribution is -0.113. The summed E-state index contributed by atoms with van der Waals surface area (Å²) in [6.07, 6.45) is 4.50. The molecule has 0 spiro atoms. The molecule has 0 fully saturated rings. The Morgan fingerprint density at radius 3 is 2.39 bits per heavy atom. The van der Waals surface area contributed by atoms with Gasteiger partial charge in [0, 0.05) is 34.4 Å². The monoisotopic (exact) mass is 477 g/mol. The van der Waals surface area contributed by atoms with Crippen LogP contribution in [0.3, 0.4) is 0 Å². The number of aromatic nitrogens is 4. The van der Waals surface area contributed by atoms with Gasteiger partial charge in [0.25, 0.3) is 0 Å². The quantitative estimate of drug-likeness (QED) is 0.304. The van der Waals surface area contributed by atoms with Gasteiger partial charge < -0.3 is 5.32 Å². The van der Waals surface area contributed by atoms with Crippen molar-refractivity contribution in [2.75, 3.05) is 11.1 Å². The molecule has 4 aromatic rings. The molecule has 1 amide bonds. The van der Waals surface area contributed by atoms with Crippen LogP contribution in [0.4, 0.5) is 5.69 Å². The van der Waals surface area contributed by atoms with Gasteiger partial charge in [-0.2, -0.15) is 0 Å². The van der Waals surface area contributed by atoms with Crippen molar-refractivity contribution >= 4 is 35.0 Å². The molecule has 1 unspecified atom stereocenters. The van der Waals surface area contributed by atoms with E-state index >= 15 is 0 Å². The number of anilines is 1. The Kier molecular flexibility index (Phi) is 7.42. The Balaban J connectivity index is 1.51. The van der Waals surface area contributed by atoms with Crippen LogP contribution in [-0.4, -0.2) is 31.4 Å². The standard InChI is InChI=1S/C25H24ClN5OS/c1-3-17(2)18-4-8-21(9-5-18)28-23(32)16-33-25-30-29-24(19-12-14-27-15-13-19)31(25)22-10-6-20(26)7-11-22/h4-15,17H,3,16H2,1-2H3,(H,28,32). The average molecular weight is 478 g/mol. The lowest BCUT2D eigenvalue weighted by atomic mass is 9.99. The van der Waals surface area contributed by atoms with Crippen molar-refractivity contribution in [1.82, 2.24) is 19.7 Å². The molecule has 4 rings (SSSR count). The maximum absolute atomic E-state index is 12.6. The molecule has 1 N–H and O–H groups in total. The topological polar surface area (TPSA) is 72.7 Å². The highest BCUT2D eigenvalue weighted by Crippen LogP contribution is 2.28. The third-order valence-corrected chi connectivity index (χ3v) is 6.55. The SMILES string of the molecule is CCC(C)c1ccc(NC(=O)CSc2nnc(-c3ccncc3)n2-c2ccc(Cl)cc2)cc1. The first-order chi connectivity index (χ1) is 16.0. The van der Waals surface area contributed by atoms with Crippen LogP contribution >= 0.6 is 23.4 Å². The minimum Gasteiger partial charge on any atom is -0.325 e. The summed E-state index contributed by atoms with van der Waals surface area (Å²) in [5.74, 6) is 1.27. The van der Waals surface area contributed by atoms with Gasteiger partial charge in [-0.25, -0.2) is 0 Å². The van der Waals surface area contributed by atoms with E-state index in [2.05, 4.69) is 46.5 Å². The number of hydrogen-bond donors (Lipinski definition) is 1. The van der Waals surface area contributed by atoms with E-state index in [1.807, 2.05) is 53.1 Å². The summed E-state index contributed by atoms with van der Waals surface area (Å²) in [4.78, 5) is 16.7. The molecule has 0 radical (unpaired) electrons. The molecule has 168 valence electrons. The fourth-order valence-electron chi connectivity index (χ4n) is 3.33. The predicted octanol–water partition coefficient (Wildman–Crippen LogP) is 6.23. The number of carbonyl (C=O) groups excluding carboxylic acids is 1. The molecule has 2 aromatic heterocycles. The third-order valence-electron chi connectivity index (χ3n) is 5.36. The molecule has 0 aliphatic rings. The normalized spacial score (nSPS) is 11.8. The zero-order chi connectivity index (χ0) is 23.2. The van der Waals surface area contributed by atoms with E-state index < -0.39 is 0 Å². The fraction of sp³-hybridized carbons (Fsp3) is 0.200. The lowest BCUT2D eigenvalue weighted by Gasteiger charge is -2.11. The van der Waals surface area contributed by atoms with E-state index in [1.165, 1.54) is 17.3 Å². The second-order valence-corrected chi connectivity index (χ2v) is 9.00. The van der Waals surface area contributed by atoms with Gasteiger partial charge in [-0.15, -0.1) is 10.2 Å². The molecular weight excluding hydrogens is 454 g/mol. The van der Waals surface area contributed by atoms with Gasteiger partial charge in [-0.3, -0.25) is 14.3 Å². The predicted molar refractivity (Wildman–Crippen MR) is 134 cm³/mol. The minimum absolute atomic E-state index is 0.104. The number of thioether (sulfide) groups is 1. The average Bonchev–Trinajstić information content (AvgIpc) is 3.28. The molecule has 0 aliphatic heterocycles. The van der Waals surface area contributed by atoms with E-state index in [0.29, 0.717) is 21.9 Å². The summed E-state index contributed by atoms with van der Waals surface area (Å²) in [7, 11) is 0. The van der Waals surface area contributed by atoms with Crippen LogP contribution in [0, 0.1) is 0 Å². The van der Waals surface area contributed by atoms with Crippen LogP contribution in [0.2, 0.25) is 5.02 Å². The Labute approximate surface area is 202 Å². The van der Waals surface area contributed by atoms with E-state index in [0.717, 1.165) is 23.4 Å². The van der Waals surface area contributed by atoms with Gasteiger partial charge in [0.05, 0.1) is 5.75 Å². The highest BCUT2D eigenvalue weighted by Gasteiger charge is 2.17. The second kappa shape index (κ2) is 10.6. The van der Waals surface area contributed by atoms with Gasteiger partial charge >= 0.3 is 0 Å². The molecule has 8 heteroatoms. The van der Waals surface area contributed by atoms with E-state index in [4.69, 9.17) is 11.6 Å². The first kappa shape index (κ1) is 23.0. The Morgan fingerprint density at radius 2 is 1.73 bits per heavy atom. The van der Waals surface area contributed by atoms with Gasteiger partial charge in [0.15, 0.2) is 11.0 Å². The first-order valence-corrected chi connectivity index (χ1v) is 12.1. The number of halogens is 1. The summed E-state index contributed by atoms with van der Waals surface area (Å²) in [6, 6.07) is 19.2. The van der Waals surface area contributed by atoms with Crippen LogP contribution in [0.5, 0.6) is 0 Å². The minimum atomic E-state index is -0.104. The van der Waals surface area contributed by atoms with Crippen LogP contribution < -0.4 is 5.32 Å². The summed E-state index contributed by atoms with van der Waals surface area (Å²) in [6.45, 7) is 4.36. The van der Waals surface area contributed by atoms with Crippen molar-refractivity contribution < 1.29 is 4.79 Å². The maximum Gasteiger partial charge on any atom is 0.234 e. The van der Waals surface area contributed by atoms with Gasteiger partial charge in [-0.1, -0.05) is 49.3 Å². The van der Waals surface area contributed by atoms with Crippen LogP contribution in [0.15, 0.2) is 78.2 Å². The second-order valence-electron chi connectivity index (χ2n) is 7.62. The largest absolute Gasteiger partial charge is 0.325 e. The van der Waals surface area contributed by atoms with Crippen LogP contribution in [-0.2, 0) is 4.79 Å². The summed E-state index contributed by atoms with van der Waals surface area (Å²) in [5, 5.41) is 13.0. The molecule has 0 aliphatic carbocycles. The zero-order valence-electron chi connectivity index (χ0n) is 18.4.